The molecule has 2 aliphatic carbocycles. The van der Waals surface area contributed by atoms with Crippen LogP contribution >= 0.6 is 0 Å². The van der Waals surface area contributed by atoms with Gasteiger partial charge in [0.25, 0.3) is 0 Å². The van der Waals surface area contributed by atoms with Crippen molar-refractivity contribution >= 4 is 10.0 Å². The average Bonchev–Trinajstić information content (AvgIpc) is 2.90. The fourth-order valence-corrected chi connectivity index (χ4v) is 7.10. The van der Waals surface area contributed by atoms with Crippen molar-refractivity contribution in [2.45, 2.75) is 74.6 Å². The molecule has 2 aromatic carbocycles. The van der Waals surface area contributed by atoms with E-state index in [1.165, 1.54) is 17.5 Å². The Bertz CT molecular complexity index is 1050. The lowest BCUT2D eigenvalue weighted by Crippen LogP contribution is -2.49. The number of fused-ring (bicyclic) bond motifs is 1. The van der Waals surface area contributed by atoms with Crippen molar-refractivity contribution in [3.05, 3.63) is 59.7 Å². The van der Waals surface area contributed by atoms with Gasteiger partial charge in [-0.05, 0) is 85.3 Å². The maximum Gasteiger partial charge on any atom is 0.240 e. The molecule has 7 heteroatoms. The summed E-state index contributed by atoms with van der Waals surface area (Å²) in [7, 11) is -1.83. The Kier molecular flexibility index (Phi) is 8.87. The standard InChI is InChI=1S/C28H40N2O4S/c1-34-23-13-14-25-22(19-23)12-15-27(26(25)11-8-18-31)29-20-28(16-6-3-7-17-28)21-30-35(32,33)24-9-4-2-5-10-24/h2,4-5,9-10,13-14,19,26-27,29-31H,3,6-8,11-12,15-18,20-21H2,1H3. The third-order valence-corrected chi connectivity index (χ3v) is 9.39. The molecule has 0 saturated heterocycles. The van der Waals surface area contributed by atoms with Crippen LogP contribution in [0.15, 0.2) is 53.4 Å². The Morgan fingerprint density at radius 2 is 1.83 bits per heavy atom. The number of rotatable bonds is 11. The number of aliphatic hydroxyl groups excluding tert-OH is 1. The molecule has 0 radical (unpaired) electrons. The summed E-state index contributed by atoms with van der Waals surface area (Å²) in [6.07, 6.45) is 9.27. The number of methoxy groups -OCH3 is 1. The molecule has 2 atom stereocenters. The predicted molar refractivity (Wildman–Crippen MR) is 139 cm³/mol. The van der Waals surface area contributed by atoms with Crippen LogP contribution in [0, 0.1) is 5.41 Å². The van der Waals surface area contributed by atoms with Gasteiger partial charge in [0.15, 0.2) is 0 Å². The lowest BCUT2D eigenvalue weighted by Gasteiger charge is -2.41. The van der Waals surface area contributed by atoms with Gasteiger partial charge in [-0.25, -0.2) is 13.1 Å². The second-order valence-electron chi connectivity index (χ2n) is 10.3. The van der Waals surface area contributed by atoms with Crippen LogP contribution in [0.3, 0.4) is 0 Å². The number of nitrogens with one attached hydrogen (secondary N) is 2. The number of aliphatic hydroxyl groups is 1. The fourth-order valence-electron chi connectivity index (χ4n) is 5.92. The van der Waals surface area contributed by atoms with E-state index >= 15 is 0 Å². The molecule has 35 heavy (non-hydrogen) atoms. The van der Waals surface area contributed by atoms with E-state index in [4.69, 9.17) is 4.74 Å². The smallest absolute Gasteiger partial charge is 0.240 e. The second-order valence-corrected chi connectivity index (χ2v) is 12.0. The van der Waals surface area contributed by atoms with Crippen LogP contribution in [0.1, 0.15) is 68.4 Å². The number of ether oxygens (including phenoxy) is 1. The molecular weight excluding hydrogens is 460 g/mol. The maximum absolute atomic E-state index is 12.9. The van der Waals surface area contributed by atoms with Crippen molar-refractivity contribution in [2.24, 2.45) is 5.41 Å². The number of aryl methyl sites for hydroxylation is 1. The van der Waals surface area contributed by atoms with Crippen molar-refractivity contribution < 1.29 is 18.3 Å². The largest absolute Gasteiger partial charge is 0.497 e. The van der Waals surface area contributed by atoms with Gasteiger partial charge in [-0.2, -0.15) is 0 Å². The van der Waals surface area contributed by atoms with Gasteiger partial charge in [0, 0.05) is 25.7 Å². The molecule has 4 rings (SSSR count). The van der Waals surface area contributed by atoms with Crippen molar-refractivity contribution in [3.8, 4) is 5.75 Å². The second kappa shape index (κ2) is 11.9. The Morgan fingerprint density at radius 1 is 1.06 bits per heavy atom. The molecule has 2 aromatic rings. The van der Waals surface area contributed by atoms with E-state index < -0.39 is 10.0 Å². The van der Waals surface area contributed by atoms with Gasteiger partial charge < -0.3 is 15.2 Å². The van der Waals surface area contributed by atoms with E-state index in [9.17, 15) is 13.5 Å². The van der Waals surface area contributed by atoms with Crippen LogP contribution in [0.4, 0.5) is 0 Å². The number of hydrogen-bond donors (Lipinski definition) is 3. The zero-order chi connectivity index (χ0) is 24.7. The van der Waals surface area contributed by atoms with Gasteiger partial charge in [0.2, 0.25) is 10.0 Å². The first-order valence-electron chi connectivity index (χ1n) is 13.0. The SMILES string of the molecule is COc1ccc2c(c1)CCC(NCC1(CNS(=O)(=O)c3ccccc3)CCCCC1)C2CCCO. The van der Waals surface area contributed by atoms with Crippen molar-refractivity contribution in [1.82, 2.24) is 10.0 Å². The monoisotopic (exact) mass is 500 g/mol. The van der Waals surface area contributed by atoms with Gasteiger partial charge in [-0.1, -0.05) is 43.5 Å². The number of benzene rings is 2. The van der Waals surface area contributed by atoms with E-state index in [1.807, 2.05) is 12.1 Å². The summed E-state index contributed by atoms with van der Waals surface area (Å²) in [5, 5.41) is 13.4. The summed E-state index contributed by atoms with van der Waals surface area (Å²) in [6.45, 7) is 1.45. The van der Waals surface area contributed by atoms with Crippen LogP contribution in [-0.2, 0) is 16.4 Å². The van der Waals surface area contributed by atoms with Gasteiger partial charge in [-0.15, -0.1) is 0 Å². The highest BCUT2D eigenvalue weighted by Gasteiger charge is 2.36. The topological polar surface area (TPSA) is 87.7 Å². The lowest BCUT2D eigenvalue weighted by molar-refractivity contribution is 0.170. The summed E-state index contributed by atoms with van der Waals surface area (Å²) in [5.74, 6) is 1.22. The van der Waals surface area contributed by atoms with Crippen LogP contribution < -0.4 is 14.8 Å². The minimum absolute atomic E-state index is 0.0815. The van der Waals surface area contributed by atoms with Gasteiger partial charge >= 0.3 is 0 Å². The maximum atomic E-state index is 12.9. The summed E-state index contributed by atoms with van der Waals surface area (Å²) < 4.78 is 34.2. The Labute approximate surface area is 210 Å². The molecular formula is C28H40N2O4S. The molecule has 0 amide bonds. The van der Waals surface area contributed by atoms with Crippen molar-refractivity contribution in [3.63, 3.8) is 0 Å². The van der Waals surface area contributed by atoms with Gasteiger partial charge in [-0.3, -0.25) is 0 Å². The van der Waals surface area contributed by atoms with E-state index in [0.717, 1.165) is 63.7 Å². The molecule has 0 heterocycles. The Balaban J connectivity index is 1.47. The molecule has 192 valence electrons. The van der Waals surface area contributed by atoms with E-state index in [2.05, 4.69) is 22.2 Å². The minimum atomic E-state index is -3.53. The first kappa shape index (κ1) is 26.1. The van der Waals surface area contributed by atoms with E-state index in [-0.39, 0.29) is 12.0 Å². The highest BCUT2D eigenvalue weighted by molar-refractivity contribution is 7.89. The molecule has 0 aromatic heterocycles. The molecule has 0 spiro atoms. The molecule has 2 unspecified atom stereocenters. The van der Waals surface area contributed by atoms with Crippen LogP contribution in [0.25, 0.3) is 0 Å². The van der Waals surface area contributed by atoms with Crippen LogP contribution in [0.2, 0.25) is 0 Å². The van der Waals surface area contributed by atoms with Crippen molar-refractivity contribution in [2.75, 3.05) is 26.8 Å². The first-order chi connectivity index (χ1) is 17.0. The molecule has 6 nitrogen and oxygen atoms in total. The molecule has 3 N–H and O–H groups in total. The van der Waals surface area contributed by atoms with Gasteiger partial charge in [0.1, 0.15) is 5.75 Å². The lowest BCUT2D eigenvalue weighted by atomic mass is 9.72. The van der Waals surface area contributed by atoms with Crippen LogP contribution in [-0.4, -0.2) is 46.4 Å². The molecule has 1 fully saturated rings. The minimum Gasteiger partial charge on any atom is -0.497 e. The fraction of sp³-hybridized carbons (Fsp3) is 0.571. The highest BCUT2D eigenvalue weighted by atomic mass is 32.2. The normalized spacial score (nSPS) is 21.9. The van der Waals surface area contributed by atoms with E-state index in [1.54, 1.807) is 31.4 Å². The highest BCUT2D eigenvalue weighted by Crippen LogP contribution is 2.39. The summed E-state index contributed by atoms with van der Waals surface area (Å²) >= 11 is 0. The van der Waals surface area contributed by atoms with Crippen LogP contribution in [0.5, 0.6) is 5.75 Å². The third kappa shape index (κ3) is 6.45. The quantitative estimate of drug-likeness (QED) is 0.426. The summed E-state index contributed by atoms with van der Waals surface area (Å²) in [6, 6.07) is 15.3. The van der Waals surface area contributed by atoms with Gasteiger partial charge in [0.05, 0.1) is 12.0 Å². The summed E-state index contributed by atoms with van der Waals surface area (Å²) in [5.41, 5.74) is 2.61. The molecule has 1 saturated carbocycles. The third-order valence-electron chi connectivity index (χ3n) is 7.98. The zero-order valence-electron chi connectivity index (χ0n) is 20.8. The van der Waals surface area contributed by atoms with Crippen molar-refractivity contribution in [1.29, 1.82) is 0 Å². The number of hydrogen-bond acceptors (Lipinski definition) is 5. The molecule has 0 bridgehead atoms. The molecule has 0 aliphatic heterocycles. The van der Waals surface area contributed by atoms with E-state index in [0.29, 0.717) is 23.4 Å². The Morgan fingerprint density at radius 3 is 2.54 bits per heavy atom. The zero-order valence-corrected chi connectivity index (χ0v) is 21.7. The number of sulfonamides is 1. The summed E-state index contributed by atoms with van der Waals surface area (Å²) in [4.78, 5) is 0.322. The Hall–Kier alpha value is -1.93. The predicted octanol–water partition coefficient (Wildman–Crippen LogP) is 4.38. The first-order valence-corrected chi connectivity index (χ1v) is 14.5. The average molecular weight is 501 g/mol. The molecule has 2 aliphatic rings.